The summed E-state index contributed by atoms with van der Waals surface area (Å²) in [4.78, 5) is 11.5. The lowest BCUT2D eigenvalue weighted by Gasteiger charge is -2.10. The van der Waals surface area contributed by atoms with Crippen molar-refractivity contribution < 1.29 is 17.9 Å². The van der Waals surface area contributed by atoms with Gasteiger partial charge < -0.3 is 10.1 Å². The highest BCUT2D eigenvalue weighted by atomic mass is 32.2. The van der Waals surface area contributed by atoms with Crippen LogP contribution in [-0.2, 0) is 14.8 Å². The molecule has 7 heteroatoms. The first-order valence-corrected chi connectivity index (χ1v) is 9.22. The van der Waals surface area contributed by atoms with Gasteiger partial charge in [0.2, 0.25) is 10.0 Å². The highest BCUT2D eigenvalue weighted by molar-refractivity contribution is 7.92. The molecule has 0 unspecified atom stereocenters. The van der Waals surface area contributed by atoms with Crippen LogP contribution >= 0.6 is 0 Å². The van der Waals surface area contributed by atoms with Gasteiger partial charge in [-0.15, -0.1) is 0 Å². The summed E-state index contributed by atoms with van der Waals surface area (Å²) in [6.07, 6.45) is 0. The van der Waals surface area contributed by atoms with Gasteiger partial charge in [0.05, 0.1) is 17.9 Å². The number of carbonyl (C=O) groups is 1. The Morgan fingerprint density at radius 2 is 1.67 bits per heavy atom. The maximum Gasteiger partial charge on any atom is 0.338 e. The van der Waals surface area contributed by atoms with Crippen molar-refractivity contribution in [2.45, 2.75) is 6.92 Å². The zero-order valence-electron chi connectivity index (χ0n) is 13.4. The first-order valence-electron chi connectivity index (χ1n) is 7.57. The fourth-order valence-corrected chi connectivity index (χ4v) is 2.97. The van der Waals surface area contributed by atoms with Gasteiger partial charge in [-0.2, -0.15) is 0 Å². The van der Waals surface area contributed by atoms with Gasteiger partial charge in [0.15, 0.2) is 0 Å². The molecule has 2 N–H and O–H groups in total. The molecule has 0 fully saturated rings. The van der Waals surface area contributed by atoms with E-state index in [1.807, 2.05) is 6.07 Å². The van der Waals surface area contributed by atoms with Gasteiger partial charge >= 0.3 is 5.97 Å². The molecule has 0 radical (unpaired) electrons. The lowest BCUT2D eigenvalue weighted by Crippen LogP contribution is -2.22. The van der Waals surface area contributed by atoms with E-state index in [4.69, 9.17) is 4.74 Å². The first kappa shape index (κ1) is 17.8. The average Bonchev–Trinajstić information content (AvgIpc) is 2.56. The lowest BCUT2D eigenvalue weighted by molar-refractivity contribution is 0.0526. The molecule has 0 bridgehead atoms. The van der Waals surface area contributed by atoms with Crippen LogP contribution in [0.1, 0.15) is 17.3 Å². The van der Waals surface area contributed by atoms with Gasteiger partial charge in [-0.3, -0.25) is 4.72 Å². The van der Waals surface area contributed by atoms with Crippen LogP contribution in [0.3, 0.4) is 0 Å². The van der Waals surface area contributed by atoms with Crippen molar-refractivity contribution in [3.63, 3.8) is 0 Å². The number of hydrogen-bond donors (Lipinski definition) is 2. The normalized spacial score (nSPS) is 10.9. The number of para-hydroxylation sites is 1. The number of esters is 1. The first-order chi connectivity index (χ1) is 11.5. The molecule has 0 saturated heterocycles. The minimum Gasteiger partial charge on any atom is -0.462 e. The van der Waals surface area contributed by atoms with Crippen LogP contribution in [-0.4, -0.2) is 33.3 Å². The molecule has 0 aliphatic carbocycles. The van der Waals surface area contributed by atoms with E-state index in [9.17, 15) is 13.2 Å². The zero-order chi connectivity index (χ0) is 17.4. The molecular weight excluding hydrogens is 328 g/mol. The SMILES string of the molecule is CCOC(=O)c1ccc(NCCS(=O)(=O)Nc2ccccc2)cc1. The van der Waals surface area contributed by atoms with Crippen LogP contribution in [0.25, 0.3) is 0 Å². The molecule has 6 nitrogen and oxygen atoms in total. The van der Waals surface area contributed by atoms with Crippen LogP contribution in [0.2, 0.25) is 0 Å². The van der Waals surface area contributed by atoms with Crippen LogP contribution in [0.15, 0.2) is 54.6 Å². The Hall–Kier alpha value is -2.54. The minimum absolute atomic E-state index is 0.0679. The summed E-state index contributed by atoms with van der Waals surface area (Å²) in [7, 11) is -3.42. The molecule has 0 saturated carbocycles. The molecule has 2 aromatic carbocycles. The third-order valence-corrected chi connectivity index (χ3v) is 4.43. The lowest BCUT2D eigenvalue weighted by atomic mass is 10.2. The maximum absolute atomic E-state index is 12.0. The fraction of sp³-hybridized carbons (Fsp3) is 0.235. The van der Waals surface area contributed by atoms with Crippen molar-refractivity contribution >= 4 is 27.4 Å². The Bertz CT molecular complexity index is 759. The van der Waals surface area contributed by atoms with Gasteiger partial charge in [-0.25, -0.2) is 13.2 Å². The van der Waals surface area contributed by atoms with Gasteiger partial charge in [-0.05, 0) is 43.3 Å². The van der Waals surface area contributed by atoms with Crippen LogP contribution < -0.4 is 10.0 Å². The number of nitrogens with one attached hydrogen (secondary N) is 2. The molecular formula is C17H20N2O4S. The number of sulfonamides is 1. The summed E-state index contributed by atoms with van der Waals surface area (Å²) in [5.74, 6) is -0.444. The summed E-state index contributed by atoms with van der Waals surface area (Å²) >= 11 is 0. The van der Waals surface area contributed by atoms with E-state index in [1.165, 1.54) is 0 Å². The average molecular weight is 348 g/mol. The predicted octanol–water partition coefficient (Wildman–Crippen LogP) is 2.72. The summed E-state index contributed by atoms with van der Waals surface area (Å²) in [6, 6.07) is 15.4. The maximum atomic E-state index is 12.0. The van der Waals surface area contributed by atoms with Crippen molar-refractivity contribution in [2.75, 3.05) is 28.9 Å². The molecule has 0 atom stereocenters. The molecule has 0 amide bonds. The highest BCUT2D eigenvalue weighted by Crippen LogP contribution is 2.11. The molecule has 0 heterocycles. The highest BCUT2D eigenvalue weighted by Gasteiger charge is 2.10. The Morgan fingerprint density at radius 3 is 2.29 bits per heavy atom. The third kappa shape index (κ3) is 5.58. The van der Waals surface area contributed by atoms with E-state index in [-0.39, 0.29) is 18.3 Å². The van der Waals surface area contributed by atoms with E-state index in [1.54, 1.807) is 55.5 Å². The predicted molar refractivity (Wildman–Crippen MR) is 94.7 cm³/mol. The number of benzene rings is 2. The second-order valence-corrected chi connectivity index (χ2v) is 6.85. The minimum atomic E-state index is -3.42. The molecule has 2 aromatic rings. The van der Waals surface area contributed by atoms with E-state index in [2.05, 4.69) is 10.0 Å². The quantitative estimate of drug-likeness (QED) is 0.717. The molecule has 2 rings (SSSR count). The number of rotatable bonds is 8. The standard InChI is InChI=1S/C17H20N2O4S/c1-2-23-17(20)14-8-10-15(11-9-14)18-12-13-24(21,22)19-16-6-4-3-5-7-16/h3-11,18-19H,2,12-13H2,1H3. The van der Waals surface area contributed by atoms with E-state index < -0.39 is 10.0 Å². The van der Waals surface area contributed by atoms with Gasteiger partial charge in [0.25, 0.3) is 0 Å². The topological polar surface area (TPSA) is 84.5 Å². The molecule has 0 aliphatic rings. The van der Waals surface area contributed by atoms with Gasteiger partial charge in [0, 0.05) is 17.9 Å². The van der Waals surface area contributed by atoms with Crippen LogP contribution in [0.4, 0.5) is 11.4 Å². The second-order valence-electron chi connectivity index (χ2n) is 5.01. The van der Waals surface area contributed by atoms with Crippen LogP contribution in [0.5, 0.6) is 0 Å². The number of anilines is 2. The molecule has 0 aromatic heterocycles. The Labute approximate surface area is 141 Å². The molecule has 0 aliphatic heterocycles. The van der Waals surface area contributed by atoms with E-state index in [0.29, 0.717) is 17.9 Å². The zero-order valence-corrected chi connectivity index (χ0v) is 14.2. The van der Waals surface area contributed by atoms with Crippen molar-refractivity contribution in [1.29, 1.82) is 0 Å². The summed E-state index contributed by atoms with van der Waals surface area (Å²) < 4.78 is 31.4. The third-order valence-electron chi connectivity index (χ3n) is 3.14. The van der Waals surface area contributed by atoms with Crippen molar-refractivity contribution in [2.24, 2.45) is 0 Å². The Kier molecular flexibility index (Phi) is 6.20. The number of ether oxygens (including phenoxy) is 1. The Balaban J connectivity index is 1.84. The van der Waals surface area contributed by atoms with E-state index in [0.717, 1.165) is 5.69 Å². The second kappa shape index (κ2) is 8.35. The number of hydrogen-bond acceptors (Lipinski definition) is 5. The summed E-state index contributed by atoms with van der Waals surface area (Å²) in [5.41, 5.74) is 1.73. The van der Waals surface area contributed by atoms with E-state index >= 15 is 0 Å². The van der Waals surface area contributed by atoms with Crippen molar-refractivity contribution in [3.8, 4) is 0 Å². The number of carbonyl (C=O) groups excluding carboxylic acids is 1. The molecule has 24 heavy (non-hydrogen) atoms. The van der Waals surface area contributed by atoms with Crippen molar-refractivity contribution in [3.05, 3.63) is 60.2 Å². The van der Waals surface area contributed by atoms with Crippen molar-refractivity contribution in [1.82, 2.24) is 0 Å². The summed E-state index contributed by atoms with van der Waals surface area (Å²) in [5, 5.41) is 3.01. The molecule has 0 spiro atoms. The largest absolute Gasteiger partial charge is 0.462 e. The van der Waals surface area contributed by atoms with Gasteiger partial charge in [0.1, 0.15) is 0 Å². The van der Waals surface area contributed by atoms with Crippen LogP contribution in [0, 0.1) is 0 Å². The Morgan fingerprint density at radius 1 is 1.00 bits per heavy atom. The molecule has 128 valence electrons. The smallest absolute Gasteiger partial charge is 0.338 e. The monoisotopic (exact) mass is 348 g/mol. The summed E-state index contributed by atoms with van der Waals surface area (Å²) in [6.45, 7) is 2.32. The fourth-order valence-electron chi connectivity index (χ4n) is 2.01. The van der Waals surface area contributed by atoms with Gasteiger partial charge in [-0.1, -0.05) is 18.2 Å².